The van der Waals surface area contributed by atoms with E-state index in [1.807, 2.05) is 0 Å². The average molecular weight is 313 g/mol. The molecule has 0 aliphatic carbocycles. The van der Waals surface area contributed by atoms with Crippen LogP contribution in [0, 0.1) is 5.92 Å². The molecule has 1 heterocycles. The zero-order chi connectivity index (χ0) is 16.5. The third-order valence-corrected chi connectivity index (χ3v) is 4.20. The summed E-state index contributed by atoms with van der Waals surface area (Å²) < 4.78 is 5.47. The van der Waals surface area contributed by atoms with Gasteiger partial charge in [-0.1, -0.05) is 0 Å². The van der Waals surface area contributed by atoms with E-state index in [1.165, 1.54) is 0 Å². The van der Waals surface area contributed by atoms with Gasteiger partial charge in [-0.2, -0.15) is 0 Å². The lowest BCUT2D eigenvalue weighted by molar-refractivity contribution is 0.179. The largest absolute Gasteiger partial charge is 0.381 e. The van der Waals surface area contributed by atoms with Crippen molar-refractivity contribution in [3.63, 3.8) is 0 Å². The molecule has 1 saturated heterocycles. The fourth-order valence-corrected chi connectivity index (χ4v) is 3.05. The zero-order valence-corrected chi connectivity index (χ0v) is 15.4. The van der Waals surface area contributed by atoms with Gasteiger partial charge in [0.25, 0.3) is 0 Å². The monoisotopic (exact) mass is 312 g/mol. The van der Waals surface area contributed by atoms with E-state index in [4.69, 9.17) is 9.73 Å². The molecule has 130 valence electrons. The molecule has 0 bridgehead atoms. The van der Waals surface area contributed by atoms with Crippen molar-refractivity contribution in [2.45, 2.75) is 53.1 Å². The van der Waals surface area contributed by atoms with Crippen LogP contribution in [0.2, 0.25) is 0 Å². The van der Waals surface area contributed by atoms with Gasteiger partial charge < -0.3 is 15.0 Å². The van der Waals surface area contributed by atoms with E-state index >= 15 is 0 Å². The minimum atomic E-state index is 0.561. The molecule has 0 saturated carbocycles. The Labute approximate surface area is 137 Å². The Morgan fingerprint density at radius 2 is 1.95 bits per heavy atom. The minimum Gasteiger partial charge on any atom is -0.381 e. The normalized spacial score (nSPS) is 19.5. The second-order valence-corrected chi connectivity index (χ2v) is 6.77. The Hall–Kier alpha value is -0.810. The summed E-state index contributed by atoms with van der Waals surface area (Å²) in [5, 5.41) is 3.41. The summed E-state index contributed by atoms with van der Waals surface area (Å²) in [5.41, 5.74) is 0. The van der Waals surface area contributed by atoms with Crippen LogP contribution in [0.1, 0.15) is 41.0 Å². The quantitative estimate of drug-likeness (QED) is 0.550. The van der Waals surface area contributed by atoms with Crippen molar-refractivity contribution in [1.82, 2.24) is 15.1 Å². The lowest BCUT2D eigenvalue weighted by Crippen LogP contribution is -2.43. The topological polar surface area (TPSA) is 40.1 Å². The van der Waals surface area contributed by atoms with E-state index in [2.05, 4.69) is 56.8 Å². The smallest absolute Gasteiger partial charge is 0.193 e. The maximum atomic E-state index is 5.47. The molecule has 0 aromatic heterocycles. The third-order valence-electron chi connectivity index (χ3n) is 4.20. The predicted octanol–water partition coefficient (Wildman–Crippen LogP) is 2.04. The zero-order valence-electron chi connectivity index (χ0n) is 15.4. The van der Waals surface area contributed by atoms with Gasteiger partial charge in [-0.15, -0.1) is 0 Å². The first-order chi connectivity index (χ1) is 10.5. The van der Waals surface area contributed by atoms with E-state index in [9.17, 15) is 0 Å². The summed E-state index contributed by atoms with van der Waals surface area (Å²) in [6, 6.07) is 1.12. The van der Waals surface area contributed by atoms with Crippen LogP contribution in [0.15, 0.2) is 4.99 Å². The Balaban J connectivity index is 2.52. The van der Waals surface area contributed by atoms with Crippen LogP contribution in [0.3, 0.4) is 0 Å². The molecule has 0 amide bonds. The lowest BCUT2D eigenvalue weighted by atomic mass is 10.1. The number of nitrogens with one attached hydrogen (secondary N) is 1. The highest BCUT2D eigenvalue weighted by molar-refractivity contribution is 5.79. The van der Waals surface area contributed by atoms with Crippen LogP contribution in [0.4, 0.5) is 0 Å². The maximum absolute atomic E-state index is 5.47. The van der Waals surface area contributed by atoms with Crippen molar-refractivity contribution in [3.05, 3.63) is 0 Å². The number of aliphatic imine (C=N–C) groups is 1. The minimum absolute atomic E-state index is 0.561. The first kappa shape index (κ1) is 19.2. The predicted molar refractivity (Wildman–Crippen MR) is 94.5 cm³/mol. The molecule has 1 rings (SSSR count). The first-order valence-electron chi connectivity index (χ1n) is 8.78. The van der Waals surface area contributed by atoms with Crippen molar-refractivity contribution in [2.75, 3.05) is 46.4 Å². The van der Waals surface area contributed by atoms with Gasteiger partial charge in [0, 0.05) is 51.3 Å². The lowest BCUT2D eigenvalue weighted by Gasteiger charge is -2.30. The molecule has 0 aromatic rings. The molecular formula is C17H36N4O. The molecule has 1 fully saturated rings. The third kappa shape index (κ3) is 6.53. The van der Waals surface area contributed by atoms with Crippen LogP contribution >= 0.6 is 0 Å². The van der Waals surface area contributed by atoms with Gasteiger partial charge in [-0.05, 0) is 41.0 Å². The van der Waals surface area contributed by atoms with E-state index < -0.39 is 0 Å². The Morgan fingerprint density at radius 1 is 1.27 bits per heavy atom. The number of guanidine groups is 1. The highest BCUT2D eigenvalue weighted by Crippen LogP contribution is 2.13. The van der Waals surface area contributed by atoms with Crippen LogP contribution in [-0.4, -0.2) is 74.3 Å². The highest BCUT2D eigenvalue weighted by Gasteiger charge is 2.19. The Bertz CT molecular complexity index is 317. The van der Waals surface area contributed by atoms with Crippen molar-refractivity contribution >= 4 is 5.96 Å². The van der Waals surface area contributed by atoms with Gasteiger partial charge in [0.2, 0.25) is 0 Å². The van der Waals surface area contributed by atoms with Gasteiger partial charge >= 0.3 is 0 Å². The van der Waals surface area contributed by atoms with Gasteiger partial charge in [-0.25, -0.2) is 0 Å². The molecule has 0 aromatic carbocycles. The van der Waals surface area contributed by atoms with Crippen molar-refractivity contribution in [1.29, 1.82) is 0 Å². The molecule has 5 heteroatoms. The molecule has 1 N–H and O–H groups in total. The Morgan fingerprint density at radius 3 is 2.45 bits per heavy atom. The van der Waals surface area contributed by atoms with E-state index in [1.54, 1.807) is 0 Å². The first-order valence-corrected chi connectivity index (χ1v) is 8.78. The summed E-state index contributed by atoms with van der Waals surface area (Å²) in [5.74, 6) is 1.65. The van der Waals surface area contributed by atoms with Gasteiger partial charge in [-0.3, -0.25) is 9.89 Å². The molecule has 1 unspecified atom stereocenters. The summed E-state index contributed by atoms with van der Waals surface area (Å²) in [7, 11) is 2.13. The van der Waals surface area contributed by atoms with Crippen molar-refractivity contribution < 1.29 is 4.74 Å². The standard InChI is InChI=1S/C17H36N4O/c1-7-18-17(20(6)12-16-8-11-22-13-16)19-9-10-21(14(2)3)15(4)5/h14-16H,7-13H2,1-6H3,(H,18,19). The maximum Gasteiger partial charge on any atom is 0.193 e. The molecule has 0 spiro atoms. The second-order valence-electron chi connectivity index (χ2n) is 6.77. The van der Waals surface area contributed by atoms with Crippen LogP contribution in [0.25, 0.3) is 0 Å². The Kier molecular flexibility index (Phi) is 8.79. The molecule has 1 aliphatic rings. The number of rotatable bonds is 8. The van der Waals surface area contributed by atoms with Gasteiger partial charge in [0.1, 0.15) is 0 Å². The summed E-state index contributed by atoms with van der Waals surface area (Å²) in [6.07, 6.45) is 1.16. The van der Waals surface area contributed by atoms with E-state index in [0.717, 1.165) is 51.8 Å². The van der Waals surface area contributed by atoms with E-state index in [0.29, 0.717) is 18.0 Å². The number of hydrogen-bond acceptors (Lipinski definition) is 3. The number of nitrogens with zero attached hydrogens (tertiary/aromatic N) is 3. The SMILES string of the molecule is CCNC(=NCCN(C(C)C)C(C)C)N(C)CC1CCOC1. The summed E-state index contributed by atoms with van der Waals surface area (Å²) in [4.78, 5) is 9.54. The fraction of sp³-hybridized carbons (Fsp3) is 0.941. The van der Waals surface area contributed by atoms with Gasteiger partial charge in [0.05, 0.1) is 13.2 Å². The summed E-state index contributed by atoms with van der Waals surface area (Å²) in [6.45, 7) is 16.7. The van der Waals surface area contributed by atoms with E-state index in [-0.39, 0.29) is 0 Å². The van der Waals surface area contributed by atoms with Crippen molar-refractivity contribution in [2.24, 2.45) is 10.9 Å². The molecule has 22 heavy (non-hydrogen) atoms. The second kappa shape index (κ2) is 10.1. The molecule has 1 atom stereocenters. The fourth-order valence-electron chi connectivity index (χ4n) is 3.05. The summed E-state index contributed by atoms with van der Waals surface area (Å²) >= 11 is 0. The highest BCUT2D eigenvalue weighted by atomic mass is 16.5. The van der Waals surface area contributed by atoms with Crippen LogP contribution in [-0.2, 0) is 4.74 Å². The average Bonchev–Trinajstić information content (AvgIpc) is 2.94. The number of hydrogen-bond donors (Lipinski definition) is 1. The van der Waals surface area contributed by atoms with Crippen LogP contribution < -0.4 is 5.32 Å². The van der Waals surface area contributed by atoms with Crippen molar-refractivity contribution in [3.8, 4) is 0 Å². The molecule has 5 nitrogen and oxygen atoms in total. The van der Waals surface area contributed by atoms with Gasteiger partial charge in [0.15, 0.2) is 5.96 Å². The van der Waals surface area contributed by atoms with Crippen LogP contribution in [0.5, 0.6) is 0 Å². The number of ether oxygens (including phenoxy) is 1. The molecule has 1 aliphatic heterocycles. The molecule has 0 radical (unpaired) electrons. The molecular weight excluding hydrogens is 276 g/mol.